The van der Waals surface area contributed by atoms with Crippen LogP contribution in [0.25, 0.3) is 15.2 Å². The first-order valence-electron chi connectivity index (χ1n) is 4.28. The van der Waals surface area contributed by atoms with E-state index in [1.54, 1.807) is 12.1 Å². The second-order valence-corrected chi connectivity index (χ2v) is 4.24. The summed E-state index contributed by atoms with van der Waals surface area (Å²) in [4.78, 5) is 5.16. The molecular weight excluding hydrogens is 199 g/mol. The Labute approximate surface area is 83.6 Å². The number of nitrogens with zero attached hydrogens (tertiary/aromatic N) is 2. The Morgan fingerprint density at radius 1 is 1.43 bits per heavy atom. The summed E-state index contributed by atoms with van der Waals surface area (Å²) in [5.74, 6) is -0.195. The highest BCUT2D eigenvalue weighted by atomic mass is 32.1. The Kier molecular flexibility index (Phi) is 1.44. The highest BCUT2D eigenvalue weighted by Crippen LogP contribution is 2.27. The third kappa shape index (κ3) is 0.915. The van der Waals surface area contributed by atoms with E-state index in [4.69, 9.17) is 0 Å². The molecule has 0 saturated heterocycles. The van der Waals surface area contributed by atoms with Gasteiger partial charge >= 0.3 is 0 Å². The molecule has 0 saturated carbocycles. The number of rotatable bonds is 0. The number of thiazole rings is 1. The summed E-state index contributed by atoms with van der Waals surface area (Å²) < 4.78 is 15.9. The highest BCUT2D eigenvalue weighted by Gasteiger charge is 2.07. The van der Waals surface area contributed by atoms with Crippen molar-refractivity contribution in [3.63, 3.8) is 0 Å². The Hall–Kier alpha value is -1.42. The van der Waals surface area contributed by atoms with Gasteiger partial charge in [0.05, 0.1) is 10.2 Å². The van der Waals surface area contributed by atoms with Crippen molar-refractivity contribution >= 4 is 26.5 Å². The Morgan fingerprint density at radius 2 is 2.29 bits per heavy atom. The first-order valence-corrected chi connectivity index (χ1v) is 5.09. The van der Waals surface area contributed by atoms with E-state index in [1.807, 2.05) is 17.5 Å². The van der Waals surface area contributed by atoms with Crippen LogP contribution in [0.3, 0.4) is 0 Å². The van der Waals surface area contributed by atoms with Crippen molar-refractivity contribution in [3.05, 3.63) is 35.9 Å². The van der Waals surface area contributed by atoms with Crippen molar-refractivity contribution in [3.8, 4) is 0 Å². The van der Waals surface area contributed by atoms with Gasteiger partial charge in [0.2, 0.25) is 0 Å². The SMILES string of the molecule is Cc1cnc2sc3cc(F)ccc3n12. The molecule has 2 nitrogen and oxygen atoms in total. The van der Waals surface area contributed by atoms with E-state index in [0.717, 1.165) is 20.9 Å². The molecule has 0 spiro atoms. The average molecular weight is 206 g/mol. The molecule has 0 N–H and O–H groups in total. The fourth-order valence-electron chi connectivity index (χ4n) is 1.63. The third-order valence-corrected chi connectivity index (χ3v) is 3.29. The molecule has 0 amide bonds. The maximum Gasteiger partial charge on any atom is 0.194 e. The maximum atomic E-state index is 12.9. The van der Waals surface area contributed by atoms with Crippen LogP contribution >= 0.6 is 11.3 Å². The van der Waals surface area contributed by atoms with Gasteiger partial charge in [0.1, 0.15) is 5.82 Å². The summed E-state index contributed by atoms with van der Waals surface area (Å²) in [7, 11) is 0. The third-order valence-electron chi connectivity index (χ3n) is 2.27. The lowest BCUT2D eigenvalue weighted by atomic mass is 10.3. The second kappa shape index (κ2) is 2.54. The molecule has 0 unspecified atom stereocenters. The highest BCUT2D eigenvalue weighted by molar-refractivity contribution is 7.23. The molecule has 0 fully saturated rings. The van der Waals surface area contributed by atoms with E-state index in [2.05, 4.69) is 4.98 Å². The van der Waals surface area contributed by atoms with Gasteiger partial charge in [-0.2, -0.15) is 0 Å². The number of hydrogen-bond donors (Lipinski definition) is 0. The van der Waals surface area contributed by atoms with Gasteiger partial charge in [-0.05, 0) is 25.1 Å². The zero-order valence-electron chi connectivity index (χ0n) is 7.49. The quantitative estimate of drug-likeness (QED) is 0.552. The lowest BCUT2D eigenvalue weighted by Crippen LogP contribution is -1.82. The Bertz CT molecular complexity index is 623. The number of halogens is 1. The zero-order chi connectivity index (χ0) is 9.71. The van der Waals surface area contributed by atoms with Crippen LogP contribution in [0.1, 0.15) is 5.69 Å². The smallest absolute Gasteiger partial charge is 0.194 e. The van der Waals surface area contributed by atoms with Gasteiger partial charge in [-0.15, -0.1) is 0 Å². The summed E-state index contributed by atoms with van der Waals surface area (Å²) in [6.07, 6.45) is 1.83. The van der Waals surface area contributed by atoms with Crippen LogP contribution in [0.2, 0.25) is 0 Å². The van der Waals surface area contributed by atoms with Crippen molar-refractivity contribution in [2.45, 2.75) is 6.92 Å². The molecule has 3 rings (SSSR count). The van der Waals surface area contributed by atoms with Crippen LogP contribution in [-0.2, 0) is 0 Å². The fourth-order valence-corrected chi connectivity index (χ4v) is 2.70. The van der Waals surface area contributed by atoms with Crippen LogP contribution < -0.4 is 0 Å². The molecular formula is C10H7FN2S. The van der Waals surface area contributed by atoms with Crippen molar-refractivity contribution in [2.24, 2.45) is 0 Å². The number of imidazole rings is 1. The molecule has 0 bridgehead atoms. The van der Waals surface area contributed by atoms with E-state index < -0.39 is 0 Å². The minimum atomic E-state index is -0.195. The van der Waals surface area contributed by atoms with E-state index in [9.17, 15) is 4.39 Å². The van der Waals surface area contributed by atoms with Crippen LogP contribution in [0, 0.1) is 12.7 Å². The van der Waals surface area contributed by atoms with Crippen molar-refractivity contribution < 1.29 is 4.39 Å². The average Bonchev–Trinajstić information content (AvgIpc) is 2.66. The topological polar surface area (TPSA) is 17.3 Å². The van der Waals surface area contributed by atoms with Gasteiger partial charge in [-0.3, -0.25) is 4.40 Å². The number of aromatic nitrogens is 2. The molecule has 0 aliphatic rings. The fraction of sp³-hybridized carbons (Fsp3) is 0.100. The summed E-state index contributed by atoms with van der Waals surface area (Å²) in [5.41, 5.74) is 2.11. The van der Waals surface area contributed by atoms with E-state index in [0.29, 0.717) is 0 Å². The van der Waals surface area contributed by atoms with Crippen molar-refractivity contribution in [2.75, 3.05) is 0 Å². The summed E-state index contributed by atoms with van der Waals surface area (Å²) in [5, 5.41) is 0. The number of hydrogen-bond acceptors (Lipinski definition) is 2. The summed E-state index contributed by atoms with van der Waals surface area (Å²) in [6.45, 7) is 2.00. The molecule has 2 aromatic heterocycles. The number of fused-ring (bicyclic) bond motifs is 3. The maximum absolute atomic E-state index is 12.9. The molecule has 0 atom stereocenters. The van der Waals surface area contributed by atoms with E-state index >= 15 is 0 Å². The van der Waals surface area contributed by atoms with Gasteiger partial charge in [0.25, 0.3) is 0 Å². The zero-order valence-corrected chi connectivity index (χ0v) is 8.31. The molecule has 0 aliphatic heterocycles. The summed E-state index contributed by atoms with van der Waals surface area (Å²) in [6, 6.07) is 4.82. The summed E-state index contributed by atoms with van der Waals surface area (Å²) >= 11 is 1.51. The van der Waals surface area contributed by atoms with Crippen molar-refractivity contribution in [1.82, 2.24) is 9.38 Å². The van der Waals surface area contributed by atoms with Crippen molar-refractivity contribution in [1.29, 1.82) is 0 Å². The normalized spacial score (nSPS) is 11.6. The first-order chi connectivity index (χ1) is 6.75. The van der Waals surface area contributed by atoms with Gasteiger partial charge < -0.3 is 0 Å². The predicted molar refractivity (Wildman–Crippen MR) is 55.3 cm³/mol. The minimum Gasteiger partial charge on any atom is -0.288 e. The van der Waals surface area contributed by atoms with Gasteiger partial charge in [0, 0.05) is 11.9 Å². The van der Waals surface area contributed by atoms with E-state index in [1.165, 1.54) is 17.4 Å². The molecule has 4 heteroatoms. The van der Waals surface area contributed by atoms with Crippen LogP contribution in [-0.4, -0.2) is 9.38 Å². The van der Waals surface area contributed by atoms with Gasteiger partial charge in [-0.25, -0.2) is 9.37 Å². The Morgan fingerprint density at radius 3 is 3.14 bits per heavy atom. The van der Waals surface area contributed by atoms with Gasteiger partial charge in [-0.1, -0.05) is 11.3 Å². The number of benzene rings is 1. The first kappa shape index (κ1) is 7.94. The molecule has 14 heavy (non-hydrogen) atoms. The number of aryl methyl sites for hydroxylation is 1. The monoisotopic (exact) mass is 206 g/mol. The molecule has 70 valence electrons. The van der Waals surface area contributed by atoms with E-state index in [-0.39, 0.29) is 5.82 Å². The Balaban J connectivity index is 2.58. The molecule has 2 heterocycles. The molecule has 0 aliphatic carbocycles. The van der Waals surface area contributed by atoms with Crippen LogP contribution in [0.5, 0.6) is 0 Å². The standard InChI is InChI=1S/C10H7FN2S/c1-6-5-12-10-13(6)8-3-2-7(11)4-9(8)14-10/h2-5H,1H3. The lowest BCUT2D eigenvalue weighted by Gasteiger charge is -1.93. The lowest BCUT2D eigenvalue weighted by molar-refractivity contribution is 0.630. The van der Waals surface area contributed by atoms with Crippen LogP contribution in [0.15, 0.2) is 24.4 Å². The second-order valence-electron chi connectivity index (χ2n) is 3.23. The molecule has 3 aromatic rings. The minimum absolute atomic E-state index is 0.195. The van der Waals surface area contributed by atoms with Crippen LogP contribution in [0.4, 0.5) is 4.39 Å². The molecule has 1 aromatic carbocycles. The van der Waals surface area contributed by atoms with Gasteiger partial charge in [0.15, 0.2) is 4.96 Å². The molecule has 0 radical (unpaired) electrons. The largest absolute Gasteiger partial charge is 0.288 e. The predicted octanol–water partition coefficient (Wildman–Crippen LogP) is 3.00.